The van der Waals surface area contributed by atoms with Gasteiger partial charge in [-0.3, -0.25) is 0 Å². The van der Waals surface area contributed by atoms with Gasteiger partial charge in [0.1, 0.15) is 30.8 Å². The fraction of sp³-hybridized carbons (Fsp3) is 0.250. The smallest absolute Gasteiger partial charge is 0.142 e. The molecule has 0 saturated carbocycles. The first-order chi connectivity index (χ1) is 10.1. The van der Waals surface area contributed by atoms with Crippen molar-refractivity contribution in [2.24, 2.45) is 0 Å². The molecular weight excluding hydrogens is 334 g/mol. The zero-order valence-corrected chi connectivity index (χ0v) is 13.3. The molecular formula is C16H18BrNO3. The minimum absolute atomic E-state index is 0.123. The van der Waals surface area contributed by atoms with Crippen molar-refractivity contribution < 1.29 is 14.6 Å². The second kappa shape index (κ2) is 7.33. The van der Waals surface area contributed by atoms with Crippen LogP contribution in [0.4, 0.5) is 5.69 Å². The largest absolute Gasteiger partial charge is 0.490 e. The van der Waals surface area contributed by atoms with Crippen molar-refractivity contribution in [3.63, 3.8) is 0 Å². The Hall–Kier alpha value is -1.72. The van der Waals surface area contributed by atoms with E-state index in [0.717, 1.165) is 10.0 Å². The number of halogens is 1. The molecule has 0 fully saturated rings. The van der Waals surface area contributed by atoms with E-state index >= 15 is 0 Å². The summed E-state index contributed by atoms with van der Waals surface area (Å²) in [5, 5.41) is 9.90. The lowest BCUT2D eigenvalue weighted by molar-refractivity contribution is 0.0626. The molecule has 0 radical (unpaired) electrons. The summed E-state index contributed by atoms with van der Waals surface area (Å²) in [5.74, 6) is 1.26. The highest BCUT2D eigenvalue weighted by Crippen LogP contribution is 2.26. The van der Waals surface area contributed by atoms with Gasteiger partial charge in [0.25, 0.3) is 0 Å². The summed E-state index contributed by atoms with van der Waals surface area (Å²) in [6, 6.07) is 13.0. The van der Waals surface area contributed by atoms with Crippen LogP contribution in [0.15, 0.2) is 46.9 Å². The molecule has 1 unspecified atom stereocenters. The van der Waals surface area contributed by atoms with Gasteiger partial charge in [-0.25, -0.2) is 0 Å². The van der Waals surface area contributed by atoms with Crippen LogP contribution in [0.5, 0.6) is 11.5 Å². The van der Waals surface area contributed by atoms with E-state index in [-0.39, 0.29) is 13.2 Å². The number of aryl methyl sites for hydroxylation is 1. The molecule has 0 saturated heterocycles. The van der Waals surface area contributed by atoms with E-state index in [1.807, 2.05) is 37.3 Å². The van der Waals surface area contributed by atoms with Crippen LogP contribution in [0.3, 0.4) is 0 Å². The molecule has 3 N–H and O–H groups in total. The normalized spacial score (nSPS) is 12.0. The average molecular weight is 352 g/mol. The van der Waals surface area contributed by atoms with Crippen molar-refractivity contribution in [3.8, 4) is 11.5 Å². The lowest BCUT2D eigenvalue weighted by Crippen LogP contribution is -2.25. The van der Waals surface area contributed by atoms with Crippen molar-refractivity contribution >= 4 is 21.6 Å². The third-order valence-electron chi connectivity index (χ3n) is 2.87. The number of para-hydroxylation sites is 2. The van der Waals surface area contributed by atoms with E-state index in [4.69, 9.17) is 15.2 Å². The zero-order chi connectivity index (χ0) is 15.2. The quantitative estimate of drug-likeness (QED) is 0.784. The highest BCUT2D eigenvalue weighted by molar-refractivity contribution is 9.10. The number of aliphatic hydroxyl groups is 1. The van der Waals surface area contributed by atoms with Gasteiger partial charge < -0.3 is 20.3 Å². The third-order valence-corrected chi connectivity index (χ3v) is 3.49. The number of aliphatic hydroxyl groups excluding tert-OH is 1. The summed E-state index contributed by atoms with van der Waals surface area (Å²) in [5.41, 5.74) is 7.45. The van der Waals surface area contributed by atoms with Gasteiger partial charge in [0.15, 0.2) is 0 Å². The first kappa shape index (κ1) is 15.7. The Balaban J connectivity index is 1.82. The van der Waals surface area contributed by atoms with Crippen molar-refractivity contribution in [1.82, 2.24) is 0 Å². The second-order valence-corrected chi connectivity index (χ2v) is 5.60. The molecule has 0 aliphatic rings. The van der Waals surface area contributed by atoms with Gasteiger partial charge in [-0.15, -0.1) is 0 Å². The molecule has 1 atom stereocenters. The number of anilines is 1. The number of nitrogens with two attached hydrogens (primary N) is 1. The van der Waals surface area contributed by atoms with Crippen LogP contribution in [-0.4, -0.2) is 24.4 Å². The van der Waals surface area contributed by atoms with Gasteiger partial charge in [-0.1, -0.05) is 18.2 Å². The molecule has 0 spiro atoms. The monoisotopic (exact) mass is 351 g/mol. The summed E-state index contributed by atoms with van der Waals surface area (Å²) >= 11 is 3.43. The topological polar surface area (TPSA) is 64.7 Å². The molecule has 0 heterocycles. The Labute approximate surface area is 132 Å². The van der Waals surface area contributed by atoms with E-state index in [2.05, 4.69) is 15.9 Å². The molecule has 2 rings (SSSR count). The first-order valence-corrected chi connectivity index (χ1v) is 7.40. The van der Waals surface area contributed by atoms with E-state index in [1.165, 1.54) is 0 Å². The van der Waals surface area contributed by atoms with Crippen molar-refractivity contribution in [2.75, 3.05) is 18.9 Å². The Morgan fingerprint density at radius 3 is 2.43 bits per heavy atom. The fourth-order valence-electron chi connectivity index (χ4n) is 1.75. The van der Waals surface area contributed by atoms with Crippen LogP contribution in [0.25, 0.3) is 0 Å². The summed E-state index contributed by atoms with van der Waals surface area (Å²) < 4.78 is 11.9. The van der Waals surface area contributed by atoms with E-state index in [1.54, 1.807) is 12.1 Å². The van der Waals surface area contributed by atoms with Crippen LogP contribution in [0.2, 0.25) is 0 Å². The molecule has 2 aromatic rings. The Bertz CT molecular complexity index is 604. The number of ether oxygens (including phenoxy) is 2. The summed E-state index contributed by atoms with van der Waals surface area (Å²) in [6.07, 6.45) is -0.738. The number of hydrogen-bond donors (Lipinski definition) is 2. The van der Waals surface area contributed by atoms with Crippen LogP contribution in [0, 0.1) is 6.92 Å². The molecule has 4 nitrogen and oxygen atoms in total. The number of nitrogen functional groups attached to an aromatic ring is 1. The molecule has 112 valence electrons. The predicted octanol–water partition coefficient (Wildman–Crippen LogP) is 3.16. The van der Waals surface area contributed by atoms with Crippen molar-refractivity contribution in [1.29, 1.82) is 0 Å². The van der Waals surface area contributed by atoms with Crippen LogP contribution in [-0.2, 0) is 0 Å². The fourth-order valence-corrected chi connectivity index (χ4v) is 2.36. The standard InChI is InChI=1S/C16H18BrNO3/c1-11-6-7-15(13(17)8-11)20-9-12(19)10-21-16-5-3-2-4-14(16)18/h2-8,12,19H,9-10,18H2,1H3. The highest BCUT2D eigenvalue weighted by Gasteiger charge is 2.09. The molecule has 0 aliphatic carbocycles. The van der Waals surface area contributed by atoms with Crippen molar-refractivity contribution in [3.05, 3.63) is 52.5 Å². The van der Waals surface area contributed by atoms with Gasteiger partial charge in [0, 0.05) is 0 Å². The number of rotatable bonds is 6. The van der Waals surface area contributed by atoms with Crippen molar-refractivity contribution in [2.45, 2.75) is 13.0 Å². The maximum atomic E-state index is 9.90. The highest BCUT2D eigenvalue weighted by atomic mass is 79.9. The molecule has 0 bridgehead atoms. The Kier molecular flexibility index (Phi) is 5.47. The third kappa shape index (κ3) is 4.65. The number of benzene rings is 2. The van der Waals surface area contributed by atoms with E-state index in [0.29, 0.717) is 17.2 Å². The minimum Gasteiger partial charge on any atom is -0.490 e. The second-order valence-electron chi connectivity index (χ2n) is 4.75. The lowest BCUT2D eigenvalue weighted by Gasteiger charge is -2.15. The number of hydrogen-bond acceptors (Lipinski definition) is 4. The molecule has 5 heteroatoms. The molecule has 0 aromatic heterocycles. The van der Waals surface area contributed by atoms with Gasteiger partial charge in [0.2, 0.25) is 0 Å². The maximum Gasteiger partial charge on any atom is 0.142 e. The van der Waals surface area contributed by atoms with Crippen LogP contribution < -0.4 is 15.2 Å². The summed E-state index contributed by atoms with van der Waals surface area (Å²) in [7, 11) is 0. The van der Waals surface area contributed by atoms with E-state index < -0.39 is 6.10 Å². The summed E-state index contributed by atoms with van der Waals surface area (Å²) in [6.45, 7) is 2.27. The SMILES string of the molecule is Cc1ccc(OCC(O)COc2ccccc2N)c(Br)c1. The Morgan fingerprint density at radius 2 is 1.76 bits per heavy atom. The van der Waals surface area contributed by atoms with Crippen LogP contribution >= 0.6 is 15.9 Å². The zero-order valence-electron chi connectivity index (χ0n) is 11.8. The summed E-state index contributed by atoms with van der Waals surface area (Å²) in [4.78, 5) is 0. The Morgan fingerprint density at radius 1 is 1.10 bits per heavy atom. The molecule has 0 aliphatic heterocycles. The van der Waals surface area contributed by atoms with Gasteiger partial charge >= 0.3 is 0 Å². The minimum atomic E-state index is -0.738. The molecule has 0 amide bonds. The van der Waals surface area contributed by atoms with Crippen LogP contribution in [0.1, 0.15) is 5.56 Å². The lowest BCUT2D eigenvalue weighted by atomic mass is 10.2. The molecule has 2 aromatic carbocycles. The average Bonchev–Trinajstić information content (AvgIpc) is 2.45. The first-order valence-electron chi connectivity index (χ1n) is 6.60. The maximum absolute atomic E-state index is 9.90. The predicted molar refractivity (Wildman–Crippen MR) is 86.7 cm³/mol. The van der Waals surface area contributed by atoms with Gasteiger partial charge in [-0.05, 0) is 52.7 Å². The van der Waals surface area contributed by atoms with Gasteiger partial charge in [-0.2, -0.15) is 0 Å². The van der Waals surface area contributed by atoms with E-state index in [9.17, 15) is 5.11 Å². The molecule has 21 heavy (non-hydrogen) atoms. The van der Waals surface area contributed by atoms with Gasteiger partial charge in [0.05, 0.1) is 10.2 Å².